The fraction of sp³-hybridized carbons (Fsp3) is 0.381. The molecular weight excluding hydrogens is 322 g/mol. The number of aromatic nitrogens is 4. The summed E-state index contributed by atoms with van der Waals surface area (Å²) >= 11 is 0. The lowest BCUT2D eigenvalue weighted by molar-refractivity contribution is 0.198. The third kappa shape index (κ3) is 3.53. The maximum absolute atomic E-state index is 4.48. The van der Waals surface area contributed by atoms with E-state index in [9.17, 15) is 0 Å². The first-order valence-electron chi connectivity index (χ1n) is 9.29. The molecule has 0 bridgehead atoms. The van der Waals surface area contributed by atoms with Gasteiger partial charge in [0.25, 0.3) is 0 Å². The van der Waals surface area contributed by atoms with Crippen LogP contribution in [0.1, 0.15) is 41.1 Å². The van der Waals surface area contributed by atoms with Crippen LogP contribution in [-0.4, -0.2) is 37.7 Å². The van der Waals surface area contributed by atoms with Gasteiger partial charge in [-0.05, 0) is 68.1 Å². The smallest absolute Gasteiger partial charge is 0.115 e. The lowest BCUT2D eigenvalue weighted by atomic mass is 9.93. The van der Waals surface area contributed by atoms with Crippen molar-refractivity contribution in [3.05, 3.63) is 71.6 Å². The summed E-state index contributed by atoms with van der Waals surface area (Å²) in [5, 5.41) is 4.47. The van der Waals surface area contributed by atoms with Crippen LogP contribution < -0.4 is 0 Å². The van der Waals surface area contributed by atoms with Gasteiger partial charge in [0.15, 0.2) is 0 Å². The molecule has 5 heteroatoms. The Bertz CT molecular complexity index is 858. The molecule has 3 heterocycles. The Morgan fingerprint density at radius 1 is 1.19 bits per heavy atom. The van der Waals surface area contributed by atoms with Crippen LogP contribution in [0.4, 0.5) is 0 Å². The van der Waals surface area contributed by atoms with E-state index in [0.29, 0.717) is 5.92 Å². The van der Waals surface area contributed by atoms with Crippen LogP contribution in [0.3, 0.4) is 0 Å². The molecule has 0 unspecified atom stereocenters. The van der Waals surface area contributed by atoms with Gasteiger partial charge in [-0.25, -0.2) is 14.6 Å². The molecule has 26 heavy (non-hydrogen) atoms. The van der Waals surface area contributed by atoms with E-state index < -0.39 is 0 Å². The quantitative estimate of drug-likeness (QED) is 0.723. The van der Waals surface area contributed by atoms with Crippen LogP contribution in [-0.2, 0) is 6.54 Å². The Kier molecular flexibility index (Phi) is 4.80. The molecule has 0 N–H and O–H groups in total. The predicted octanol–water partition coefficient (Wildman–Crippen LogP) is 3.66. The molecule has 3 aromatic rings. The minimum Gasteiger partial charge on any atom is -0.298 e. The number of benzene rings is 1. The molecule has 4 rings (SSSR count). The standard InChI is InChI=1S/C21H25N5/c1-16-11-17(2)19(21(12-16)26-10-4-7-24-26)14-25-9-3-5-18(13-25)20-6-8-22-15-23-20/h4,6-8,10-12,15,18H,3,5,9,13-14H2,1-2H3/t18-/m0/s1. The largest absolute Gasteiger partial charge is 0.298 e. The van der Waals surface area contributed by atoms with Crippen LogP contribution in [0.15, 0.2) is 49.2 Å². The first-order chi connectivity index (χ1) is 12.7. The Balaban J connectivity index is 1.59. The summed E-state index contributed by atoms with van der Waals surface area (Å²) in [5.74, 6) is 0.491. The summed E-state index contributed by atoms with van der Waals surface area (Å²) in [6, 6.07) is 8.54. The van der Waals surface area contributed by atoms with Gasteiger partial charge in [-0.15, -0.1) is 0 Å². The fourth-order valence-electron chi connectivity index (χ4n) is 4.00. The molecule has 1 atom stereocenters. The molecule has 2 aromatic heterocycles. The van der Waals surface area contributed by atoms with Crippen LogP contribution in [0, 0.1) is 13.8 Å². The number of rotatable bonds is 4. The maximum Gasteiger partial charge on any atom is 0.115 e. The fourth-order valence-corrected chi connectivity index (χ4v) is 4.00. The second kappa shape index (κ2) is 7.38. The molecule has 0 saturated carbocycles. The van der Waals surface area contributed by atoms with Crippen molar-refractivity contribution in [2.45, 2.75) is 39.2 Å². The molecular formula is C21H25N5. The van der Waals surface area contributed by atoms with E-state index in [2.05, 4.69) is 52.0 Å². The van der Waals surface area contributed by atoms with Crippen LogP contribution >= 0.6 is 0 Å². The number of piperidine rings is 1. The predicted molar refractivity (Wildman–Crippen MR) is 102 cm³/mol. The van der Waals surface area contributed by atoms with Crippen molar-refractivity contribution in [3.63, 3.8) is 0 Å². The molecule has 5 nitrogen and oxygen atoms in total. The minimum atomic E-state index is 0.491. The molecule has 1 aliphatic heterocycles. The third-order valence-corrected chi connectivity index (χ3v) is 5.26. The zero-order chi connectivity index (χ0) is 17.9. The summed E-state index contributed by atoms with van der Waals surface area (Å²) in [6.07, 6.45) is 9.78. The molecule has 1 aliphatic rings. The second-order valence-corrected chi connectivity index (χ2v) is 7.24. The Hall–Kier alpha value is -2.53. The van der Waals surface area contributed by atoms with E-state index in [1.807, 2.05) is 29.3 Å². The lowest BCUT2D eigenvalue weighted by Crippen LogP contribution is -2.34. The number of aryl methyl sites for hydroxylation is 2. The topological polar surface area (TPSA) is 46.8 Å². The van der Waals surface area contributed by atoms with Gasteiger partial charge in [0.1, 0.15) is 6.33 Å². The van der Waals surface area contributed by atoms with Gasteiger partial charge in [0.2, 0.25) is 0 Å². The van der Waals surface area contributed by atoms with E-state index in [1.165, 1.54) is 35.2 Å². The molecule has 0 spiro atoms. The minimum absolute atomic E-state index is 0.491. The van der Waals surface area contributed by atoms with Gasteiger partial charge >= 0.3 is 0 Å². The SMILES string of the molecule is Cc1cc(C)c(CN2CCC[C@H](c3ccncn3)C2)c(-n2cccn2)c1. The molecule has 1 aromatic carbocycles. The number of likely N-dealkylation sites (tertiary alicyclic amines) is 1. The van der Waals surface area contributed by atoms with Crippen molar-refractivity contribution in [1.29, 1.82) is 0 Å². The van der Waals surface area contributed by atoms with Crippen molar-refractivity contribution < 1.29 is 0 Å². The van der Waals surface area contributed by atoms with Crippen LogP contribution in [0.5, 0.6) is 0 Å². The highest BCUT2D eigenvalue weighted by Crippen LogP contribution is 2.28. The average Bonchev–Trinajstić information content (AvgIpc) is 3.19. The second-order valence-electron chi connectivity index (χ2n) is 7.24. The molecule has 134 valence electrons. The summed E-state index contributed by atoms with van der Waals surface area (Å²) in [5.41, 5.74) is 6.32. The lowest BCUT2D eigenvalue weighted by Gasteiger charge is -2.33. The van der Waals surface area contributed by atoms with Gasteiger partial charge in [0.05, 0.1) is 5.69 Å². The van der Waals surface area contributed by atoms with Crippen molar-refractivity contribution in [2.24, 2.45) is 0 Å². The Morgan fingerprint density at radius 2 is 2.12 bits per heavy atom. The van der Waals surface area contributed by atoms with Crippen molar-refractivity contribution >= 4 is 0 Å². The van der Waals surface area contributed by atoms with Crippen molar-refractivity contribution in [3.8, 4) is 5.69 Å². The highest BCUT2D eigenvalue weighted by Gasteiger charge is 2.23. The van der Waals surface area contributed by atoms with E-state index in [-0.39, 0.29) is 0 Å². The van der Waals surface area contributed by atoms with E-state index in [4.69, 9.17) is 0 Å². The third-order valence-electron chi connectivity index (χ3n) is 5.26. The van der Waals surface area contributed by atoms with E-state index in [1.54, 1.807) is 6.33 Å². The summed E-state index contributed by atoms with van der Waals surface area (Å²) in [6.45, 7) is 7.48. The summed E-state index contributed by atoms with van der Waals surface area (Å²) in [7, 11) is 0. The van der Waals surface area contributed by atoms with Crippen molar-refractivity contribution in [2.75, 3.05) is 13.1 Å². The van der Waals surface area contributed by atoms with Gasteiger partial charge in [-0.3, -0.25) is 4.90 Å². The number of hydrogen-bond acceptors (Lipinski definition) is 4. The zero-order valence-corrected chi connectivity index (χ0v) is 15.5. The molecule has 0 aliphatic carbocycles. The first-order valence-corrected chi connectivity index (χ1v) is 9.29. The van der Waals surface area contributed by atoms with Gasteiger partial charge in [-0.1, -0.05) is 6.07 Å². The Labute approximate surface area is 154 Å². The van der Waals surface area contributed by atoms with Crippen molar-refractivity contribution in [1.82, 2.24) is 24.6 Å². The summed E-state index contributed by atoms with van der Waals surface area (Å²) < 4.78 is 1.99. The number of nitrogens with zero attached hydrogens (tertiary/aromatic N) is 5. The van der Waals surface area contributed by atoms with E-state index in [0.717, 1.165) is 25.3 Å². The molecule has 0 radical (unpaired) electrons. The van der Waals surface area contributed by atoms with Gasteiger partial charge in [0, 0.05) is 43.3 Å². The highest BCUT2D eigenvalue weighted by molar-refractivity contribution is 5.48. The summed E-state index contributed by atoms with van der Waals surface area (Å²) in [4.78, 5) is 11.1. The van der Waals surface area contributed by atoms with Gasteiger partial charge < -0.3 is 0 Å². The number of hydrogen-bond donors (Lipinski definition) is 0. The van der Waals surface area contributed by atoms with Crippen LogP contribution in [0.25, 0.3) is 5.69 Å². The first kappa shape index (κ1) is 16.9. The Morgan fingerprint density at radius 3 is 2.88 bits per heavy atom. The maximum atomic E-state index is 4.48. The monoisotopic (exact) mass is 347 g/mol. The normalized spacial score (nSPS) is 18.2. The molecule has 0 amide bonds. The highest BCUT2D eigenvalue weighted by atomic mass is 15.3. The average molecular weight is 347 g/mol. The van der Waals surface area contributed by atoms with Gasteiger partial charge in [-0.2, -0.15) is 5.10 Å². The molecule has 1 fully saturated rings. The molecule has 1 saturated heterocycles. The van der Waals surface area contributed by atoms with E-state index >= 15 is 0 Å². The zero-order valence-electron chi connectivity index (χ0n) is 15.5. The van der Waals surface area contributed by atoms with Crippen LogP contribution in [0.2, 0.25) is 0 Å².